The number of hydrogen-bond donors (Lipinski definition) is 3. The van der Waals surface area contributed by atoms with E-state index in [1.165, 1.54) is 0 Å². The Kier molecular flexibility index (Phi) is 5.02. The third kappa shape index (κ3) is 5.06. The van der Waals surface area contributed by atoms with Gasteiger partial charge in [-0.1, -0.05) is 30.3 Å². The summed E-state index contributed by atoms with van der Waals surface area (Å²) in [5.74, 6) is -1.74. The van der Waals surface area contributed by atoms with Crippen molar-refractivity contribution in [2.45, 2.75) is 18.8 Å². The lowest BCUT2D eigenvalue weighted by Gasteiger charge is -2.14. The first-order valence-electron chi connectivity index (χ1n) is 5.35. The van der Waals surface area contributed by atoms with E-state index in [2.05, 4.69) is 5.32 Å². The highest BCUT2D eigenvalue weighted by molar-refractivity contribution is 7.87. The van der Waals surface area contributed by atoms with Gasteiger partial charge in [0.2, 0.25) is 11.3 Å². The van der Waals surface area contributed by atoms with E-state index in [1.54, 1.807) is 30.3 Å². The standard InChI is InChI=1S/C11H14N2O5S/c1-8(14)13-11(19(16,17)18)10(15)12-7-9-5-3-2-4-6-9/h2-6,11H,7H2,1H3,(H,12,15)(H,13,14)(H,16,17,18). The number of amides is 2. The normalized spacial score (nSPS) is 12.5. The lowest BCUT2D eigenvalue weighted by Crippen LogP contribution is -2.50. The largest absolute Gasteiger partial charge is 0.349 e. The van der Waals surface area contributed by atoms with Gasteiger partial charge >= 0.3 is 0 Å². The van der Waals surface area contributed by atoms with Crippen LogP contribution in [-0.4, -0.2) is 30.2 Å². The molecule has 1 aromatic rings. The maximum Gasteiger partial charge on any atom is 0.295 e. The monoisotopic (exact) mass is 286 g/mol. The van der Waals surface area contributed by atoms with Gasteiger partial charge in [0.25, 0.3) is 16.0 Å². The fraction of sp³-hybridized carbons (Fsp3) is 0.273. The van der Waals surface area contributed by atoms with Crippen molar-refractivity contribution in [2.24, 2.45) is 0 Å². The summed E-state index contributed by atoms with van der Waals surface area (Å²) in [6.07, 6.45) is 0. The molecule has 0 fully saturated rings. The van der Waals surface area contributed by atoms with Crippen molar-refractivity contribution in [3.8, 4) is 0 Å². The Labute approximate surface area is 110 Å². The van der Waals surface area contributed by atoms with Gasteiger partial charge in [0.1, 0.15) is 0 Å². The molecular weight excluding hydrogens is 272 g/mol. The SMILES string of the molecule is CC(=O)NC(C(=O)NCc1ccccc1)S(=O)(=O)O. The van der Waals surface area contributed by atoms with Crippen molar-refractivity contribution in [2.75, 3.05) is 0 Å². The van der Waals surface area contributed by atoms with Crippen LogP contribution in [-0.2, 0) is 26.3 Å². The summed E-state index contributed by atoms with van der Waals surface area (Å²) in [5, 5.41) is 2.18. The Morgan fingerprint density at radius 1 is 1.26 bits per heavy atom. The van der Waals surface area contributed by atoms with Gasteiger partial charge in [-0.2, -0.15) is 8.42 Å². The first kappa shape index (κ1) is 15.1. The smallest absolute Gasteiger partial charge is 0.295 e. The van der Waals surface area contributed by atoms with Crippen LogP contribution in [0.4, 0.5) is 0 Å². The molecule has 0 aliphatic heterocycles. The minimum absolute atomic E-state index is 0.0886. The van der Waals surface area contributed by atoms with Crippen LogP contribution in [0.2, 0.25) is 0 Å². The minimum Gasteiger partial charge on any atom is -0.349 e. The van der Waals surface area contributed by atoms with E-state index in [9.17, 15) is 18.0 Å². The van der Waals surface area contributed by atoms with Gasteiger partial charge in [-0.25, -0.2) is 0 Å². The highest BCUT2D eigenvalue weighted by Gasteiger charge is 2.31. The van der Waals surface area contributed by atoms with Crippen LogP contribution in [0.15, 0.2) is 30.3 Å². The molecule has 0 saturated carbocycles. The number of rotatable bonds is 5. The molecule has 2 amide bonds. The van der Waals surface area contributed by atoms with Gasteiger partial charge < -0.3 is 10.6 Å². The van der Waals surface area contributed by atoms with Crippen molar-refractivity contribution in [3.63, 3.8) is 0 Å². The molecule has 1 unspecified atom stereocenters. The van der Waals surface area contributed by atoms with Crippen LogP contribution in [0.25, 0.3) is 0 Å². The highest BCUT2D eigenvalue weighted by Crippen LogP contribution is 2.00. The quantitative estimate of drug-likeness (QED) is 0.641. The molecule has 0 aliphatic carbocycles. The predicted molar refractivity (Wildman–Crippen MR) is 67.4 cm³/mol. The lowest BCUT2D eigenvalue weighted by molar-refractivity contribution is -0.126. The molecule has 1 atom stereocenters. The molecule has 1 aromatic carbocycles. The van der Waals surface area contributed by atoms with Crippen LogP contribution in [0.1, 0.15) is 12.5 Å². The van der Waals surface area contributed by atoms with Crippen molar-refractivity contribution < 1.29 is 22.6 Å². The molecule has 7 nitrogen and oxygen atoms in total. The van der Waals surface area contributed by atoms with Gasteiger partial charge in [0.05, 0.1) is 0 Å². The summed E-state index contributed by atoms with van der Waals surface area (Å²) < 4.78 is 30.9. The minimum atomic E-state index is -4.71. The van der Waals surface area contributed by atoms with Gasteiger partial charge in [-0.15, -0.1) is 0 Å². The summed E-state index contributed by atoms with van der Waals surface area (Å²) >= 11 is 0. The molecule has 0 bridgehead atoms. The number of hydrogen-bond acceptors (Lipinski definition) is 4. The van der Waals surface area contributed by atoms with E-state index >= 15 is 0 Å². The molecule has 0 radical (unpaired) electrons. The van der Waals surface area contributed by atoms with Crippen LogP contribution in [0, 0.1) is 0 Å². The number of carbonyl (C=O) groups excluding carboxylic acids is 2. The molecule has 104 valence electrons. The van der Waals surface area contributed by atoms with Crippen molar-refractivity contribution in [1.82, 2.24) is 10.6 Å². The molecule has 0 saturated heterocycles. The van der Waals surface area contributed by atoms with E-state index < -0.39 is 27.3 Å². The Morgan fingerprint density at radius 2 is 1.84 bits per heavy atom. The maximum absolute atomic E-state index is 11.6. The Morgan fingerprint density at radius 3 is 2.32 bits per heavy atom. The summed E-state index contributed by atoms with van der Waals surface area (Å²) in [6, 6.07) is 8.79. The van der Waals surface area contributed by atoms with Crippen molar-refractivity contribution in [3.05, 3.63) is 35.9 Å². The van der Waals surface area contributed by atoms with E-state index in [4.69, 9.17) is 4.55 Å². The average Bonchev–Trinajstić information content (AvgIpc) is 2.33. The molecule has 19 heavy (non-hydrogen) atoms. The zero-order valence-corrected chi connectivity index (χ0v) is 11.0. The molecule has 0 aromatic heterocycles. The number of carbonyl (C=O) groups is 2. The Bertz CT molecular complexity index is 556. The Hall–Kier alpha value is -1.93. The predicted octanol–water partition coefficient (Wildman–Crippen LogP) is -0.347. The van der Waals surface area contributed by atoms with Gasteiger partial charge in [0.15, 0.2) is 0 Å². The van der Waals surface area contributed by atoms with Gasteiger partial charge in [0, 0.05) is 13.5 Å². The second kappa shape index (κ2) is 6.30. The number of nitrogens with one attached hydrogen (secondary N) is 2. The fourth-order valence-electron chi connectivity index (χ4n) is 1.34. The van der Waals surface area contributed by atoms with E-state index in [0.29, 0.717) is 0 Å². The lowest BCUT2D eigenvalue weighted by atomic mass is 10.2. The van der Waals surface area contributed by atoms with Gasteiger partial charge in [-0.3, -0.25) is 14.1 Å². The molecule has 0 spiro atoms. The maximum atomic E-state index is 11.6. The van der Waals surface area contributed by atoms with Crippen LogP contribution in [0.5, 0.6) is 0 Å². The zero-order chi connectivity index (χ0) is 14.5. The molecule has 0 aliphatic rings. The van der Waals surface area contributed by atoms with Crippen molar-refractivity contribution >= 4 is 21.9 Å². The molecule has 8 heteroatoms. The zero-order valence-electron chi connectivity index (χ0n) is 10.2. The molecule has 0 heterocycles. The van der Waals surface area contributed by atoms with Crippen LogP contribution >= 0.6 is 0 Å². The Balaban J connectivity index is 2.70. The van der Waals surface area contributed by atoms with Crippen molar-refractivity contribution in [1.29, 1.82) is 0 Å². The van der Waals surface area contributed by atoms with Crippen LogP contribution < -0.4 is 10.6 Å². The second-order valence-corrected chi connectivity index (χ2v) is 5.30. The number of benzene rings is 1. The summed E-state index contributed by atoms with van der Waals surface area (Å²) in [4.78, 5) is 22.4. The topological polar surface area (TPSA) is 113 Å². The molecule has 1 rings (SSSR count). The summed E-state index contributed by atoms with van der Waals surface area (Å²) in [5.41, 5.74) is 0.757. The van der Waals surface area contributed by atoms with E-state index in [1.807, 2.05) is 5.32 Å². The van der Waals surface area contributed by atoms with E-state index in [-0.39, 0.29) is 6.54 Å². The third-order valence-electron chi connectivity index (χ3n) is 2.18. The molecule has 3 N–H and O–H groups in total. The van der Waals surface area contributed by atoms with Crippen LogP contribution in [0.3, 0.4) is 0 Å². The first-order chi connectivity index (χ1) is 8.80. The molecular formula is C11H14N2O5S. The first-order valence-corrected chi connectivity index (χ1v) is 6.86. The van der Waals surface area contributed by atoms with E-state index in [0.717, 1.165) is 12.5 Å². The summed E-state index contributed by atoms with van der Waals surface area (Å²) in [7, 11) is -4.71. The van der Waals surface area contributed by atoms with Gasteiger partial charge in [-0.05, 0) is 5.56 Å². The fourth-order valence-corrected chi connectivity index (χ4v) is 2.01. The average molecular weight is 286 g/mol. The second-order valence-electron chi connectivity index (χ2n) is 3.80. The summed E-state index contributed by atoms with van der Waals surface area (Å²) in [6.45, 7) is 1.13. The third-order valence-corrected chi connectivity index (χ3v) is 3.11. The highest BCUT2D eigenvalue weighted by atomic mass is 32.2.